The maximum Gasteiger partial charge on any atom is 0.310 e. The minimum absolute atomic E-state index is 0.160. The van der Waals surface area contributed by atoms with Crippen molar-refractivity contribution in [2.45, 2.75) is 33.1 Å². The smallest absolute Gasteiger partial charge is 0.310 e. The Bertz CT molecular complexity index is 341. The molecule has 1 aliphatic rings. The zero-order valence-electron chi connectivity index (χ0n) is 9.43. The van der Waals surface area contributed by atoms with Crippen molar-refractivity contribution >= 4 is 11.9 Å². The van der Waals surface area contributed by atoms with Crippen LogP contribution in [0.4, 0.5) is 8.78 Å². The van der Waals surface area contributed by atoms with Crippen LogP contribution in [0.15, 0.2) is 0 Å². The summed E-state index contributed by atoms with van der Waals surface area (Å²) in [5.41, 5.74) is -2.82. The van der Waals surface area contributed by atoms with E-state index in [2.05, 4.69) is 5.32 Å². The number of amides is 1. The van der Waals surface area contributed by atoms with Crippen molar-refractivity contribution in [1.29, 1.82) is 0 Å². The van der Waals surface area contributed by atoms with Gasteiger partial charge in [-0.2, -0.15) is 0 Å². The van der Waals surface area contributed by atoms with Gasteiger partial charge in [-0.3, -0.25) is 9.59 Å². The molecule has 0 aliphatic heterocycles. The Morgan fingerprint density at radius 3 is 2.19 bits per heavy atom. The molecular formula is C10H15F2NO3. The van der Waals surface area contributed by atoms with Crippen molar-refractivity contribution in [3.63, 3.8) is 0 Å². The van der Waals surface area contributed by atoms with Gasteiger partial charge in [0.25, 0.3) is 5.92 Å². The largest absolute Gasteiger partial charge is 0.481 e. The van der Waals surface area contributed by atoms with Crippen molar-refractivity contribution in [3.05, 3.63) is 0 Å². The van der Waals surface area contributed by atoms with Crippen LogP contribution < -0.4 is 5.32 Å². The second-order valence-corrected chi connectivity index (χ2v) is 5.09. The van der Waals surface area contributed by atoms with Gasteiger partial charge in [-0.05, 0) is 20.8 Å². The predicted molar refractivity (Wildman–Crippen MR) is 52.1 cm³/mol. The number of carbonyl (C=O) groups excluding carboxylic acids is 1. The minimum atomic E-state index is -2.97. The molecule has 4 nitrogen and oxygen atoms in total. The zero-order chi connectivity index (χ0) is 12.8. The molecule has 1 unspecified atom stereocenters. The number of carbonyl (C=O) groups is 2. The molecule has 1 atom stereocenters. The van der Waals surface area contributed by atoms with Gasteiger partial charge in [0.15, 0.2) is 0 Å². The van der Waals surface area contributed by atoms with E-state index in [1.54, 1.807) is 0 Å². The Hall–Kier alpha value is -1.20. The van der Waals surface area contributed by atoms with E-state index < -0.39 is 35.0 Å². The number of aliphatic carboxylic acids is 1. The standard InChI is InChI=1S/C10H15F2NO3/c1-8(2,7(15)16)5-13-6(14)9(3)4-10(9,11)12/h4-5H2,1-3H3,(H,13,14)(H,15,16). The fraction of sp³-hybridized carbons (Fsp3) is 0.800. The van der Waals surface area contributed by atoms with E-state index in [9.17, 15) is 18.4 Å². The lowest BCUT2D eigenvalue weighted by Gasteiger charge is -2.21. The first-order chi connectivity index (χ1) is 7.03. The van der Waals surface area contributed by atoms with Crippen molar-refractivity contribution in [1.82, 2.24) is 5.32 Å². The lowest BCUT2D eigenvalue weighted by molar-refractivity contribution is -0.147. The third-order valence-electron chi connectivity index (χ3n) is 3.03. The van der Waals surface area contributed by atoms with E-state index in [0.717, 1.165) is 0 Å². The lowest BCUT2D eigenvalue weighted by Crippen LogP contribution is -2.42. The fourth-order valence-electron chi connectivity index (χ4n) is 1.22. The first-order valence-electron chi connectivity index (χ1n) is 4.92. The Kier molecular flexibility index (Phi) is 2.73. The maximum absolute atomic E-state index is 12.8. The van der Waals surface area contributed by atoms with Crippen molar-refractivity contribution in [3.8, 4) is 0 Å². The van der Waals surface area contributed by atoms with Gasteiger partial charge >= 0.3 is 5.97 Å². The number of carboxylic acids is 1. The predicted octanol–water partition coefficient (Wildman–Crippen LogP) is 1.26. The molecule has 0 aromatic heterocycles. The van der Waals surface area contributed by atoms with Crippen molar-refractivity contribution in [2.75, 3.05) is 6.54 Å². The molecule has 0 heterocycles. The van der Waals surface area contributed by atoms with Crippen molar-refractivity contribution < 1.29 is 23.5 Å². The number of hydrogen-bond donors (Lipinski definition) is 2. The lowest BCUT2D eigenvalue weighted by atomic mass is 9.93. The van der Waals surface area contributed by atoms with Gasteiger partial charge in [-0.25, -0.2) is 8.78 Å². The van der Waals surface area contributed by atoms with Crippen molar-refractivity contribution in [2.24, 2.45) is 10.8 Å². The van der Waals surface area contributed by atoms with Gasteiger partial charge in [0.05, 0.1) is 5.41 Å². The van der Waals surface area contributed by atoms with E-state index in [1.807, 2.05) is 0 Å². The molecule has 2 N–H and O–H groups in total. The van der Waals surface area contributed by atoms with Gasteiger partial charge in [-0.1, -0.05) is 0 Å². The third-order valence-corrected chi connectivity index (χ3v) is 3.03. The normalized spacial score (nSPS) is 27.3. The van der Waals surface area contributed by atoms with Crippen LogP contribution in [0, 0.1) is 10.8 Å². The van der Waals surface area contributed by atoms with Crippen LogP contribution >= 0.6 is 0 Å². The van der Waals surface area contributed by atoms with E-state index in [0.29, 0.717) is 0 Å². The van der Waals surface area contributed by atoms with Gasteiger partial charge in [0, 0.05) is 13.0 Å². The molecule has 6 heteroatoms. The summed E-state index contributed by atoms with van der Waals surface area (Å²) in [6, 6.07) is 0. The summed E-state index contributed by atoms with van der Waals surface area (Å²) < 4.78 is 25.7. The Labute approximate surface area is 92.0 Å². The number of carboxylic acid groups (broad SMARTS) is 1. The maximum atomic E-state index is 12.8. The monoisotopic (exact) mass is 235 g/mol. The molecular weight excluding hydrogens is 220 g/mol. The third kappa shape index (κ3) is 2.01. The van der Waals surface area contributed by atoms with E-state index in [1.165, 1.54) is 20.8 Å². The number of alkyl halides is 2. The molecule has 1 saturated carbocycles. The van der Waals surface area contributed by atoms with Crippen LogP contribution in [-0.4, -0.2) is 29.5 Å². The number of halogens is 2. The quantitative estimate of drug-likeness (QED) is 0.770. The molecule has 92 valence electrons. The van der Waals surface area contributed by atoms with Crippen LogP contribution in [0.3, 0.4) is 0 Å². The van der Waals surface area contributed by atoms with E-state index >= 15 is 0 Å². The van der Waals surface area contributed by atoms with Crippen LogP contribution in [0.1, 0.15) is 27.2 Å². The Morgan fingerprint density at radius 1 is 1.44 bits per heavy atom. The summed E-state index contributed by atoms with van der Waals surface area (Å²) >= 11 is 0. The molecule has 0 radical (unpaired) electrons. The molecule has 1 fully saturated rings. The second-order valence-electron chi connectivity index (χ2n) is 5.09. The summed E-state index contributed by atoms with van der Waals surface area (Å²) in [7, 11) is 0. The molecule has 0 bridgehead atoms. The Balaban J connectivity index is 2.53. The molecule has 0 aromatic carbocycles. The van der Waals surface area contributed by atoms with Gasteiger partial charge in [0.1, 0.15) is 5.41 Å². The zero-order valence-corrected chi connectivity index (χ0v) is 9.43. The summed E-state index contributed by atoms with van der Waals surface area (Å²) in [5.74, 6) is -4.84. The second kappa shape index (κ2) is 3.40. The molecule has 0 saturated heterocycles. The summed E-state index contributed by atoms with van der Waals surface area (Å²) in [4.78, 5) is 22.2. The first-order valence-corrected chi connectivity index (χ1v) is 4.92. The average Bonchev–Trinajstić information content (AvgIpc) is 2.63. The van der Waals surface area contributed by atoms with E-state index in [-0.39, 0.29) is 6.54 Å². The molecule has 1 aliphatic carbocycles. The summed E-state index contributed by atoms with van der Waals surface area (Å²) in [6.07, 6.45) is -0.473. The highest BCUT2D eigenvalue weighted by Gasteiger charge is 2.72. The molecule has 16 heavy (non-hydrogen) atoms. The van der Waals surface area contributed by atoms with Crippen LogP contribution in [0.25, 0.3) is 0 Å². The van der Waals surface area contributed by atoms with E-state index in [4.69, 9.17) is 5.11 Å². The topological polar surface area (TPSA) is 66.4 Å². The van der Waals surface area contributed by atoms with Gasteiger partial charge in [-0.15, -0.1) is 0 Å². The van der Waals surface area contributed by atoms with Gasteiger partial charge < -0.3 is 10.4 Å². The highest BCUT2D eigenvalue weighted by molar-refractivity contribution is 5.87. The molecule has 1 amide bonds. The number of hydrogen-bond acceptors (Lipinski definition) is 2. The Morgan fingerprint density at radius 2 is 1.88 bits per heavy atom. The van der Waals surface area contributed by atoms with Crippen LogP contribution in [0.2, 0.25) is 0 Å². The molecule has 0 spiro atoms. The van der Waals surface area contributed by atoms with Crippen LogP contribution in [-0.2, 0) is 9.59 Å². The highest BCUT2D eigenvalue weighted by Crippen LogP contribution is 2.60. The highest BCUT2D eigenvalue weighted by atomic mass is 19.3. The fourth-order valence-corrected chi connectivity index (χ4v) is 1.22. The number of rotatable bonds is 4. The average molecular weight is 235 g/mol. The number of nitrogens with one attached hydrogen (secondary N) is 1. The SMILES string of the molecule is CC(C)(CNC(=O)C1(C)CC1(F)F)C(=O)O. The minimum Gasteiger partial charge on any atom is -0.481 e. The summed E-state index contributed by atoms with van der Waals surface area (Å²) in [6.45, 7) is 3.86. The first kappa shape index (κ1) is 12.9. The van der Waals surface area contributed by atoms with Gasteiger partial charge in [0.2, 0.25) is 5.91 Å². The molecule has 1 rings (SSSR count). The molecule has 0 aromatic rings. The van der Waals surface area contributed by atoms with Crippen LogP contribution in [0.5, 0.6) is 0 Å². The summed E-state index contributed by atoms with van der Waals surface area (Å²) in [5, 5.41) is 11.0.